The molecule has 1 rings (SSSR count). The molecule has 0 atom stereocenters. The summed E-state index contributed by atoms with van der Waals surface area (Å²) in [4.78, 5) is 26.1. The molecule has 48 heavy (non-hydrogen) atoms. The van der Waals surface area contributed by atoms with Gasteiger partial charge >= 0.3 is 5.97 Å². The molecule has 15 nitrogen and oxygen atoms in total. The van der Waals surface area contributed by atoms with Gasteiger partial charge in [-0.25, -0.2) is 13.2 Å². The van der Waals surface area contributed by atoms with Crippen LogP contribution in [0.1, 0.15) is 12.8 Å². The molecule has 1 aromatic rings. The maximum absolute atomic E-state index is 13.5. The first-order valence-electron chi connectivity index (χ1n) is 14.9. The summed E-state index contributed by atoms with van der Waals surface area (Å²) in [6.45, 7) is 5.19. The highest BCUT2D eigenvalue weighted by atomic mass is 19.2. The van der Waals surface area contributed by atoms with Crippen LogP contribution in [0.4, 0.5) is 22.0 Å². The van der Waals surface area contributed by atoms with Gasteiger partial charge in [-0.1, -0.05) is 5.11 Å². The first-order valence-corrected chi connectivity index (χ1v) is 14.9. The molecule has 0 aliphatic heterocycles. The van der Waals surface area contributed by atoms with Crippen LogP contribution in [-0.2, 0) is 47.5 Å². The van der Waals surface area contributed by atoms with Gasteiger partial charge in [-0.3, -0.25) is 9.59 Å². The Morgan fingerprint density at radius 1 is 0.542 bits per heavy atom. The maximum atomic E-state index is 13.5. The number of carbonyl (C=O) groups excluding carboxylic acids is 2. The number of esters is 1. The van der Waals surface area contributed by atoms with E-state index >= 15 is 0 Å². The highest BCUT2D eigenvalue weighted by molar-refractivity contribution is 5.75. The molecule has 0 radical (unpaired) electrons. The van der Waals surface area contributed by atoms with E-state index in [-0.39, 0.29) is 38.8 Å². The van der Waals surface area contributed by atoms with Gasteiger partial charge in [0.1, 0.15) is 0 Å². The number of ether oxygens (including phenoxy) is 9. The van der Waals surface area contributed by atoms with Gasteiger partial charge in [0.05, 0.1) is 112 Å². The van der Waals surface area contributed by atoms with E-state index in [1.807, 2.05) is 0 Å². The highest BCUT2D eigenvalue weighted by Gasteiger charge is 2.28. The van der Waals surface area contributed by atoms with Crippen LogP contribution < -0.4 is 10.1 Å². The van der Waals surface area contributed by atoms with Crippen molar-refractivity contribution in [3.63, 3.8) is 0 Å². The average Bonchev–Trinajstić information content (AvgIpc) is 3.08. The molecule has 20 heteroatoms. The fourth-order valence-corrected chi connectivity index (χ4v) is 3.18. The van der Waals surface area contributed by atoms with Crippen LogP contribution in [0, 0.1) is 29.1 Å². The summed E-state index contributed by atoms with van der Waals surface area (Å²) in [6.07, 6.45) is -0.449. The summed E-state index contributed by atoms with van der Waals surface area (Å²) in [7, 11) is 0. The van der Waals surface area contributed by atoms with Gasteiger partial charge in [-0.2, -0.15) is 8.78 Å². The van der Waals surface area contributed by atoms with Crippen molar-refractivity contribution in [2.24, 2.45) is 5.11 Å². The predicted octanol–water partition coefficient (Wildman–Crippen LogP) is 2.63. The van der Waals surface area contributed by atoms with Crippen LogP contribution in [0.2, 0.25) is 0 Å². The number of azide groups is 1. The summed E-state index contributed by atoms with van der Waals surface area (Å²) < 4.78 is 113. The molecule has 0 spiro atoms. The number of amides is 1. The molecule has 0 heterocycles. The minimum atomic E-state index is -2.36. The fourth-order valence-electron chi connectivity index (χ4n) is 3.18. The quantitative estimate of drug-likeness (QED) is 0.0138. The van der Waals surface area contributed by atoms with Gasteiger partial charge in [0.15, 0.2) is 0 Å². The van der Waals surface area contributed by atoms with Gasteiger partial charge in [0.25, 0.3) is 0 Å². The van der Waals surface area contributed by atoms with Crippen LogP contribution in [0.5, 0.6) is 5.75 Å². The number of halogens is 5. The first kappa shape index (κ1) is 42.8. The maximum Gasteiger partial charge on any atom is 0.313 e. The molecule has 0 fully saturated rings. The Morgan fingerprint density at radius 2 is 0.917 bits per heavy atom. The molecule has 0 aliphatic carbocycles. The van der Waals surface area contributed by atoms with Crippen molar-refractivity contribution in [2.75, 3.05) is 119 Å². The smallest absolute Gasteiger partial charge is 0.313 e. The number of rotatable bonds is 31. The molecule has 1 amide bonds. The Morgan fingerprint density at radius 3 is 1.38 bits per heavy atom. The minimum absolute atomic E-state index is 0.00567. The largest absolute Gasteiger partial charge is 0.420 e. The first-order chi connectivity index (χ1) is 23.3. The molecule has 0 bridgehead atoms. The highest BCUT2D eigenvalue weighted by Crippen LogP contribution is 2.29. The molecule has 0 aromatic heterocycles. The number of nitrogens with zero attached hydrogens (tertiary/aromatic N) is 3. The lowest BCUT2D eigenvalue weighted by Crippen LogP contribution is -2.28. The normalized spacial score (nSPS) is 11.0. The summed E-state index contributed by atoms with van der Waals surface area (Å²) in [5.74, 6) is -14.5. The third-order valence-electron chi connectivity index (χ3n) is 5.51. The predicted molar refractivity (Wildman–Crippen MR) is 155 cm³/mol. The van der Waals surface area contributed by atoms with Gasteiger partial charge in [-0.05, 0) is 5.53 Å². The van der Waals surface area contributed by atoms with E-state index in [1.165, 1.54) is 0 Å². The summed E-state index contributed by atoms with van der Waals surface area (Å²) >= 11 is 0. The second-order valence-electron chi connectivity index (χ2n) is 9.08. The summed E-state index contributed by atoms with van der Waals surface area (Å²) in [5, 5.41) is 6.00. The molecule has 0 saturated carbocycles. The Hall–Kier alpha value is -3.20. The Balaban J connectivity index is 1.83. The van der Waals surface area contributed by atoms with E-state index in [1.54, 1.807) is 0 Å². The lowest BCUT2D eigenvalue weighted by atomic mass is 10.2. The minimum Gasteiger partial charge on any atom is -0.420 e. The number of hydrogen-bond acceptors (Lipinski definition) is 12. The third-order valence-corrected chi connectivity index (χ3v) is 5.51. The second-order valence-corrected chi connectivity index (χ2v) is 9.08. The number of hydrogen-bond donors (Lipinski definition) is 1. The fraction of sp³-hybridized carbons (Fsp3) is 0.714. The monoisotopic (exact) mass is 704 g/mol. The van der Waals surface area contributed by atoms with Crippen molar-refractivity contribution in [3.05, 3.63) is 39.5 Å². The van der Waals surface area contributed by atoms with Gasteiger partial charge in [-0.15, -0.1) is 0 Å². The van der Waals surface area contributed by atoms with Crippen LogP contribution in [0.25, 0.3) is 10.4 Å². The van der Waals surface area contributed by atoms with E-state index in [9.17, 15) is 31.5 Å². The summed E-state index contributed by atoms with van der Waals surface area (Å²) in [5.41, 5.74) is 8.12. The zero-order chi connectivity index (χ0) is 35.2. The third kappa shape index (κ3) is 20.9. The molecule has 1 aromatic carbocycles. The van der Waals surface area contributed by atoms with Crippen LogP contribution >= 0.6 is 0 Å². The van der Waals surface area contributed by atoms with E-state index in [0.717, 1.165) is 0 Å². The molecular weight excluding hydrogens is 663 g/mol. The Kier molecular flexibility index (Phi) is 25.7. The van der Waals surface area contributed by atoms with E-state index in [0.29, 0.717) is 92.4 Å². The second kappa shape index (κ2) is 28.8. The van der Waals surface area contributed by atoms with Gasteiger partial charge < -0.3 is 47.9 Å². The number of nitrogens with one attached hydrogen (secondary N) is 1. The molecule has 0 saturated heterocycles. The Bertz CT molecular complexity index is 1080. The molecule has 1 N–H and O–H groups in total. The lowest BCUT2D eigenvalue weighted by Gasteiger charge is -2.09. The summed E-state index contributed by atoms with van der Waals surface area (Å²) in [6, 6.07) is 0. The SMILES string of the molecule is [N-]=[N+]=NCCOCCOCCOCCOCCOCCOCCNC(=O)CCOCCOCCC(=O)Oc1c(F)c(F)c(F)c(F)c1F. The van der Waals surface area contributed by atoms with E-state index in [2.05, 4.69) is 20.1 Å². The van der Waals surface area contributed by atoms with Crippen molar-refractivity contribution in [1.82, 2.24) is 5.32 Å². The Labute approximate surface area is 273 Å². The van der Waals surface area contributed by atoms with Crippen molar-refractivity contribution in [3.8, 4) is 5.75 Å². The van der Waals surface area contributed by atoms with Crippen molar-refractivity contribution < 1.29 is 74.2 Å². The zero-order valence-electron chi connectivity index (χ0n) is 26.4. The van der Waals surface area contributed by atoms with Crippen molar-refractivity contribution in [1.29, 1.82) is 0 Å². The topological polar surface area (TPSA) is 178 Å². The average molecular weight is 705 g/mol. The van der Waals surface area contributed by atoms with Gasteiger partial charge in [0.2, 0.25) is 40.7 Å². The lowest BCUT2D eigenvalue weighted by molar-refractivity contribution is -0.136. The zero-order valence-corrected chi connectivity index (χ0v) is 26.4. The van der Waals surface area contributed by atoms with Crippen LogP contribution in [0.3, 0.4) is 0 Å². The molecular formula is C28H41F5N4O11. The van der Waals surface area contributed by atoms with Crippen LogP contribution in [0.15, 0.2) is 5.11 Å². The number of benzene rings is 1. The molecule has 0 unspecified atom stereocenters. The standard InChI is InChI=1S/C28H41F5N4O11/c29-23-24(30)26(32)28(27(33)25(23)31)48-22(39)2-6-41-10-9-40-5-1-21(38)35-3-7-42-11-13-44-15-17-46-19-20-47-18-16-45-14-12-43-8-4-36-37-34/h1-20H2,(H,35,38). The van der Waals surface area contributed by atoms with E-state index < -0.39 is 47.2 Å². The molecule has 0 aliphatic rings. The van der Waals surface area contributed by atoms with Crippen LogP contribution in [-0.4, -0.2) is 131 Å². The van der Waals surface area contributed by atoms with E-state index in [4.69, 9.17) is 43.4 Å². The van der Waals surface area contributed by atoms with Crippen molar-refractivity contribution in [2.45, 2.75) is 12.8 Å². The number of carbonyl (C=O) groups is 2. The van der Waals surface area contributed by atoms with Crippen molar-refractivity contribution >= 4 is 11.9 Å². The van der Waals surface area contributed by atoms with Gasteiger partial charge in [0, 0.05) is 24.4 Å². The molecule has 274 valence electrons.